The Morgan fingerprint density at radius 1 is 1.13 bits per heavy atom. The van der Waals surface area contributed by atoms with Crippen LogP contribution in [-0.4, -0.2) is 6.04 Å². The van der Waals surface area contributed by atoms with Crippen molar-refractivity contribution in [2.24, 2.45) is 0 Å². The van der Waals surface area contributed by atoms with E-state index in [0.717, 1.165) is 6.54 Å². The van der Waals surface area contributed by atoms with Crippen LogP contribution in [0, 0.1) is 0 Å². The van der Waals surface area contributed by atoms with Gasteiger partial charge in [-0.05, 0) is 22.8 Å². The normalized spacial score (nSPS) is 22.7. The molecule has 1 aliphatic heterocycles. The predicted molar refractivity (Wildman–Crippen MR) is 63.3 cm³/mol. The third-order valence-corrected chi connectivity index (χ3v) is 2.95. The van der Waals surface area contributed by atoms with E-state index in [9.17, 15) is 0 Å². The fourth-order valence-corrected chi connectivity index (χ4v) is 2.12. The molecular weight excluding hydrogens is 182 g/mol. The van der Waals surface area contributed by atoms with Crippen molar-refractivity contribution in [2.45, 2.75) is 12.6 Å². The Hall–Kier alpha value is -1.60. The summed E-state index contributed by atoms with van der Waals surface area (Å²) >= 11 is 0. The third-order valence-electron chi connectivity index (χ3n) is 2.95. The zero-order valence-electron chi connectivity index (χ0n) is 8.48. The molecule has 1 aromatic rings. The average molecular weight is 195 g/mol. The first-order valence-electron chi connectivity index (χ1n) is 5.31. The number of allylic oxidation sites excluding steroid dienone is 2. The summed E-state index contributed by atoms with van der Waals surface area (Å²) in [5.41, 5.74) is 4.06. The standard InChI is InChI=1S/C14H13N/c1-2-7-13-10-15-14-8-4-3-6-12(14)9-11(13)5-1/h1-9,14-15H,10H2. The van der Waals surface area contributed by atoms with Gasteiger partial charge in [0.1, 0.15) is 0 Å². The van der Waals surface area contributed by atoms with Crippen molar-refractivity contribution in [1.29, 1.82) is 0 Å². The Labute approximate surface area is 89.8 Å². The molecule has 1 atom stereocenters. The highest BCUT2D eigenvalue weighted by Crippen LogP contribution is 2.22. The summed E-state index contributed by atoms with van der Waals surface area (Å²) in [4.78, 5) is 0. The van der Waals surface area contributed by atoms with E-state index in [-0.39, 0.29) is 0 Å². The molecule has 1 heterocycles. The number of benzene rings is 1. The van der Waals surface area contributed by atoms with Crippen LogP contribution in [0.5, 0.6) is 0 Å². The van der Waals surface area contributed by atoms with E-state index < -0.39 is 0 Å². The molecule has 1 unspecified atom stereocenters. The van der Waals surface area contributed by atoms with Gasteiger partial charge in [-0.1, -0.05) is 48.6 Å². The maximum Gasteiger partial charge on any atom is 0.0512 e. The van der Waals surface area contributed by atoms with Crippen molar-refractivity contribution in [2.75, 3.05) is 0 Å². The minimum absolute atomic E-state index is 0.377. The molecular formula is C14H13N. The minimum atomic E-state index is 0.377. The molecule has 1 nitrogen and oxygen atoms in total. The van der Waals surface area contributed by atoms with Crippen LogP contribution in [0.3, 0.4) is 0 Å². The molecule has 0 aromatic heterocycles. The number of hydrogen-bond donors (Lipinski definition) is 1. The van der Waals surface area contributed by atoms with Crippen LogP contribution in [0.25, 0.3) is 6.08 Å². The maximum atomic E-state index is 3.53. The summed E-state index contributed by atoms with van der Waals surface area (Å²) in [6.45, 7) is 0.943. The predicted octanol–water partition coefficient (Wildman–Crippen LogP) is 2.67. The Balaban J connectivity index is 2.09. The molecule has 0 bridgehead atoms. The summed E-state index contributed by atoms with van der Waals surface area (Å²) in [7, 11) is 0. The van der Waals surface area contributed by atoms with Gasteiger partial charge in [-0.2, -0.15) is 0 Å². The number of nitrogens with one attached hydrogen (secondary N) is 1. The summed E-state index contributed by atoms with van der Waals surface area (Å²) in [6.07, 6.45) is 10.9. The van der Waals surface area contributed by atoms with E-state index in [1.54, 1.807) is 0 Å². The molecule has 0 spiro atoms. The highest BCUT2D eigenvalue weighted by molar-refractivity contribution is 5.63. The first-order valence-corrected chi connectivity index (χ1v) is 5.31. The molecule has 1 N–H and O–H groups in total. The number of rotatable bonds is 0. The zero-order chi connectivity index (χ0) is 10.1. The molecule has 0 saturated carbocycles. The molecule has 0 fully saturated rings. The lowest BCUT2D eigenvalue weighted by atomic mass is 10.00. The van der Waals surface area contributed by atoms with Crippen molar-refractivity contribution in [3.05, 3.63) is 65.3 Å². The molecule has 1 aromatic carbocycles. The second-order valence-electron chi connectivity index (χ2n) is 3.95. The monoisotopic (exact) mass is 195 g/mol. The summed E-state index contributed by atoms with van der Waals surface area (Å²) < 4.78 is 0. The van der Waals surface area contributed by atoms with Gasteiger partial charge in [0, 0.05) is 6.54 Å². The van der Waals surface area contributed by atoms with Crippen LogP contribution in [0.4, 0.5) is 0 Å². The lowest BCUT2D eigenvalue weighted by Gasteiger charge is -2.15. The summed E-state index contributed by atoms with van der Waals surface area (Å²) in [5.74, 6) is 0. The first-order chi connectivity index (χ1) is 7.43. The van der Waals surface area contributed by atoms with Crippen LogP contribution >= 0.6 is 0 Å². The smallest absolute Gasteiger partial charge is 0.0512 e. The van der Waals surface area contributed by atoms with Crippen molar-refractivity contribution < 1.29 is 0 Å². The Bertz CT molecular complexity index is 466. The third kappa shape index (κ3) is 1.55. The van der Waals surface area contributed by atoms with Gasteiger partial charge in [0.25, 0.3) is 0 Å². The molecule has 3 rings (SSSR count). The highest BCUT2D eigenvalue weighted by Gasteiger charge is 2.15. The van der Waals surface area contributed by atoms with Crippen molar-refractivity contribution in [1.82, 2.24) is 5.32 Å². The largest absolute Gasteiger partial charge is 0.303 e. The molecule has 1 aliphatic carbocycles. The lowest BCUT2D eigenvalue weighted by molar-refractivity contribution is 0.665. The average Bonchev–Trinajstić information content (AvgIpc) is 2.48. The fraction of sp³-hybridized carbons (Fsp3) is 0.143. The van der Waals surface area contributed by atoms with Crippen LogP contribution in [0.15, 0.2) is 54.1 Å². The topological polar surface area (TPSA) is 12.0 Å². The van der Waals surface area contributed by atoms with Crippen LogP contribution in [-0.2, 0) is 6.54 Å². The van der Waals surface area contributed by atoms with Gasteiger partial charge in [0.15, 0.2) is 0 Å². The number of fused-ring (bicyclic) bond motifs is 2. The van der Waals surface area contributed by atoms with Crippen LogP contribution in [0.2, 0.25) is 0 Å². The Morgan fingerprint density at radius 2 is 2.07 bits per heavy atom. The van der Waals surface area contributed by atoms with Gasteiger partial charge in [0.2, 0.25) is 0 Å². The van der Waals surface area contributed by atoms with Crippen LogP contribution < -0.4 is 5.32 Å². The Morgan fingerprint density at radius 3 is 3.07 bits per heavy atom. The zero-order valence-corrected chi connectivity index (χ0v) is 8.48. The van der Waals surface area contributed by atoms with Gasteiger partial charge in [-0.25, -0.2) is 0 Å². The quantitative estimate of drug-likeness (QED) is 0.671. The molecule has 74 valence electrons. The van der Waals surface area contributed by atoms with Gasteiger partial charge in [-0.15, -0.1) is 0 Å². The van der Waals surface area contributed by atoms with E-state index >= 15 is 0 Å². The molecule has 0 radical (unpaired) electrons. The number of hydrogen-bond acceptors (Lipinski definition) is 1. The van der Waals surface area contributed by atoms with Gasteiger partial charge in [0.05, 0.1) is 6.04 Å². The van der Waals surface area contributed by atoms with E-state index in [2.05, 4.69) is 60.0 Å². The van der Waals surface area contributed by atoms with Gasteiger partial charge < -0.3 is 5.32 Å². The molecule has 1 heteroatoms. The van der Waals surface area contributed by atoms with E-state index in [1.807, 2.05) is 0 Å². The SMILES string of the molecule is C1=CC2=Cc3ccccc3CNC2C=C1. The van der Waals surface area contributed by atoms with Crippen molar-refractivity contribution in [3.8, 4) is 0 Å². The van der Waals surface area contributed by atoms with E-state index in [4.69, 9.17) is 0 Å². The first kappa shape index (κ1) is 8.69. The highest BCUT2D eigenvalue weighted by atomic mass is 14.9. The molecule has 0 amide bonds. The summed E-state index contributed by atoms with van der Waals surface area (Å²) in [6, 6.07) is 8.93. The molecule has 0 saturated heterocycles. The second-order valence-corrected chi connectivity index (χ2v) is 3.95. The second kappa shape index (κ2) is 3.52. The molecule has 15 heavy (non-hydrogen) atoms. The van der Waals surface area contributed by atoms with E-state index in [0.29, 0.717) is 6.04 Å². The van der Waals surface area contributed by atoms with Crippen LogP contribution in [0.1, 0.15) is 11.1 Å². The van der Waals surface area contributed by atoms with Crippen molar-refractivity contribution in [3.63, 3.8) is 0 Å². The lowest BCUT2D eigenvalue weighted by Crippen LogP contribution is -2.27. The Kier molecular flexibility index (Phi) is 2.04. The fourth-order valence-electron chi connectivity index (χ4n) is 2.12. The molecule has 2 aliphatic rings. The minimum Gasteiger partial charge on any atom is -0.303 e. The maximum absolute atomic E-state index is 3.53. The summed E-state index contributed by atoms with van der Waals surface area (Å²) in [5, 5.41) is 3.53. The van der Waals surface area contributed by atoms with Crippen molar-refractivity contribution >= 4 is 6.08 Å². The van der Waals surface area contributed by atoms with E-state index in [1.165, 1.54) is 16.7 Å². The van der Waals surface area contributed by atoms with Gasteiger partial charge in [-0.3, -0.25) is 0 Å². The van der Waals surface area contributed by atoms with Gasteiger partial charge >= 0.3 is 0 Å².